The van der Waals surface area contributed by atoms with Gasteiger partial charge in [0, 0.05) is 26.6 Å². The lowest BCUT2D eigenvalue weighted by Gasteiger charge is -2.38. The fourth-order valence-corrected chi connectivity index (χ4v) is 3.98. The van der Waals surface area contributed by atoms with E-state index in [0.29, 0.717) is 6.42 Å². The second-order valence-electron chi connectivity index (χ2n) is 4.97. The van der Waals surface area contributed by atoms with Gasteiger partial charge >= 0.3 is 0 Å². The van der Waals surface area contributed by atoms with Crippen LogP contribution >= 0.6 is 0 Å². The average molecular weight is 300 g/mol. The molecule has 20 heavy (non-hydrogen) atoms. The lowest BCUT2D eigenvalue weighted by molar-refractivity contribution is -0.0644. The number of sulfonamides is 1. The predicted octanol–water partition coefficient (Wildman–Crippen LogP) is 0.631. The maximum absolute atomic E-state index is 12.5. The van der Waals surface area contributed by atoms with Gasteiger partial charge in [-0.05, 0) is 31.4 Å². The number of aromatic nitrogens is 1. The highest BCUT2D eigenvalue weighted by molar-refractivity contribution is 7.89. The van der Waals surface area contributed by atoms with Gasteiger partial charge in [-0.3, -0.25) is 4.98 Å². The number of rotatable bonds is 4. The van der Waals surface area contributed by atoms with E-state index in [-0.39, 0.29) is 11.0 Å². The van der Waals surface area contributed by atoms with E-state index in [2.05, 4.69) is 4.98 Å². The van der Waals surface area contributed by atoms with Crippen LogP contribution in [0.15, 0.2) is 29.4 Å². The molecular weight excluding hydrogens is 280 g/mol. The SMILES string of the molecule is CO[C@@H]1CCC[C@@H](N(C)S(=O)(=O)c2cccnc2)[C@H]1O. The summed E-state index contributed by atoms with van der Waals surface area (Å²) in [5.41, 5.74) is 0. The predicted molar refractivity (Wildman–Crippen MR) is 73.6 cm³/mol. The molecule has 0 radical (unpaired) electrons. The first-order chi connectivity index (χ1) is 9.48. The van der Waals surface area contributed by atoms with Crippen molar-refractivity contribution in [2.45, 2.75) is 42.4 Å². The van der Waals surface area contributed by atoms with Crippen molar-refractivity contribution >= 4 is 10.0 Å². The molecule has 3 atom stereocenters. The summed E-state index contributed by atoms with van der Waals surface area (Å²) in [5, 5.41) is 10.3. The summed E-state index contributed by atoms with van der Waals surface area (Å²) in [5.74, 6) is 0. The Kier molecular flexibility index (Phi) is 4.74. The molecule has 1 fully saturated rings. The molecule has 112 valence electrons. The van der Waals surface area contributed by atoms with Crippen LogP contribution in [0.2, 0.25) is 0 Å². The van der Waals surface area contributed by atoms with Gasteiger partial charge in [0.05, 0.1) is 18.2 Å². The number of aliphatic hydroxyl groups excluding tert-OH is 1. The van der Waals surface area contributed by atoms with Gasteiger partial charge in [0.1, 0.15) is 4.90 Å². The smallest absolute Gasteiger partial charge is 0.244 e. The van der Waals surface area contributed by atoms with Crippen molar-refractivity contribution in [1.82, 2.24) is 9.29 Å². The Balaban J connectivity index is 2.24. The Morgan fingerprint density at radius 3 is 2.80 bits per heavy atom. The van der Waals surface area contributed by atoms with Crippen molar-refractivity contribution in [1.29, 1.82) is 0 Å². The van der Waals surface area contributed by atoms with Crippen LogP contribution in [0.5, 0.6) is 0 Å². The van der Waals surface area contributed by atoms with E-state index in [0.717, 1.165) is 12.8 Å². The maximum atomic E-state index is 12.5. The molecule has 1 saturated carbocycles. The number of nitrogens with zero attached hydrogens (tertiary/aromatic N) is 2. The number of hydrogen-bond donors (Lipinski definition) is 1. The van der Waals surface area contributed by atoms with Gasteiger partial charge in [0.25, 0.3) is 0 Å². The molecule has 1 N–H and O–H groups in total. The van der Waals surface area contributed by atoms with Crippen LogP contribution in [0.25, 0.3) is 0 Å². The molecule has 7 heteroatoms. The van der Waals surface area contributed by atoms with Crippen molar-refractivity contribution in [2.24, 2.45) is 0 Å². The van der Waals surface area contributed by atoms with Crippen LogP contribution in [0.1, 0.15) is 19.3 Å². The summed E-state index contributed by atoms with van der Waals surface area (Å²) in [4.78, 5) is 3.97. The summed E-state index contributed by atoms with van der Waals surface area (Å²) >= 11 is 0. The third-order valence-electron chi connectivity index (χ3n) is 3.84. The Morgan fingerprint density at radius 2 is 2.20 bits per heavy atom. The molecule has 0 bridgehead atoms. The largest absolute Gasteiger partial charge is 0.389 e. The van der Waals surface area contributed by atoms with E-state index in [1.165, 1.54) is 36.9 Å². The number of methoxy groups -OCH3 is 1. The van der Waals surface area contributed by atoms with E-state index >= 15 is 0 Å². The Morgan fingerprint density at radius 1 is 1.45 bits per heavy atom. The van der Waals surface area contributed by atoms with E-state index < -0.39 is 22.2 Å². The van der Waals surface area contributed by atoms with Gasteiger partial charge < -0.3 is 9.84 Å². The Bertz CT molecular complexity index is 535. The van der Waals surface area contributed by atoms with Crippen LogP contribution in [0.4, 0.5) is 0 Å². The van der Waals surface area contributed by atoms with Crippen molar-refractivity contribution in [3.8, 4) is 0 Å². The molecule has 0 amide bonds. The highest BCUT2D eigenvalue weighted by atomic mass is 32.2. The van der Waals surface area contributed by atoms with Crippen molar-refractivity contribution < 1.29 is 18.3 Å². The van der Waals surface area contributed by atoms with Crippen molar-refractivity contribution in [2.75, 3.05) is 14.2 Å². The Hall–Kier alpha value is -1.02. The highest BCUT2D eigenvalue weighted by Crippen LogP contribution is 2.28. The topological polar surface area (TPSA) is 79.7 Å². The molecule has 6 nitrogen and oxygen atoms in total. The van der Waals surface area contributed by atoms with Gasteiger partial charge in [-0.2, -0.15) is 4.31 Å². The van der Waals surface area contributed by atoms with Crippen LogP contribution in [0, 0.1) is 0 Å². The van der Waals surface area contributed by atoms with E-state index in [9.17, 15) is 13.5 Å². The minimum Gasteiger partial charge on any atom is -0.389 e. The molecule has 0 saturated heterocycles. The molecule has 1 aliphatic carbocycles. The highest BCUT2D eigenvalue weighted by Gasteiger charge is 2.39. The van der Waals surface area contributed by atoms with Gasteiger partial charge in [-0.1, -0.05) is 0 Å². The summed E-state index contributed by atoms with van der Waals surface area (Å²) in [7, 11) is -0.620. The fraction of sp³-hybridized carbons (Fsp3) is 0.615. The molecule has 0 unspecified atom stereocenters. The molecule has 1 aromatic rings. The number of aliphatic hydroxyl groups is 1. The molecule has 1 aromatic heterocycles. The minimum absolute atomic E-state index is 0.134. The summed E-state index contributed by atoms with van der Waals surface area (Å²) in [6.45, 7) is 0. The number of ether oxygens (including phenoxy) is 1. The van der Waals surface area contributed by atoms with E-state index in [1.54, 1.807) is 6.07 Å². The quantitative estimate of drug-likeness (QED) is 0.882. The number of likely N-dealkylation sites (N-methyl/N-ethyl adjacent to an activating group) is 1. The average Bonchev–Trinajstić information content (AvgIpc) is 2.47. The van der Waals surface area contributed by atoms with E-state index in [4.69, 9.17) is 4.74 Å². The second kappa shape index (κ2) is 6.17. The Labute approximate surface area is 119 Å². The monoisotopic (exact) mass is 300 g/mol. The summed E-state index contributed by atoms with van der Waals surface area (Å²) in [6.07, 6.45) is 3.90. The third kappa shape index (κ3) is 2.85. The molecule has 2 rings (SSSR count). The zero-order chi connectivity index (χ0) is 14.8. The van der Waals surface area contributed by atoms with Gasteiger partial charge in [-0.15, -0.1) is 0 Å². The normalized spacial score (nSPS) is 27.7. The van der Waals surface area contributed by atoms with E-state index in [1.807, 2.05) is 0 Å². The van der Waals surface area contributed by atoms with Crippen LogP contribution < -0.4 is 0 Å². The number of hydrogen-bond acceptors (Lipinski definition) is 5. The van der Waals surface area contributed by atoms with Crippen LogP contribution in [0.3, 0.4) is 0 Å². The minimum atomic E-state index is -3.65. The first-order valence-electron chi connectivity index (χ1n) is 6.57. The molecular formula is C13H20N2O4S. The fourth-order valence-electron chi connectivity index (χ4n) is 2.62. The molecule has 0 aliphatic heterocycles. The zero-order valence-corrected chi connectivity index (χ0v) is 12.5. The third-order valence-corrected chi connectivity index (χ3v) is 5.71. The maximum Gasteiger partial charge on any atom is 0.244 e. The first-order valence-corrected chi connectivity index (χ1v) is 8.01. The van der Waals surface area contributed by atoms with Crippen LogP contribution in [-0.4, -0.2) is 55.2 Å². The molecule has 1 heterocycles. The second-order valence-corrected chi connectivity index (χ2v) is 6.97. The van der Waals surface area contributed by atoms with Gasteiger partial charge in [-0.25, -0.2) is 8.42 Å². The van der Waals surface area contributed by atoms with Gasteiger partial charge in [0.15, 0.2) is 0 Å². The number of pyridine rings is 1. The van der Waals surface area contributed by atoms with Crippen LogP contribution in [-0.2, 0) is 14.8 Å². The standard InChI is InChI=1S/C13H20N2O4S/c1-15(11-6-3-7-12(19-2)13(11)16)20(17,18)10-5-4-8-14-9-10/h4-5,8-9,11-13,16H,3,6-7H2,1-2H3/t11-,12-,13-/m1/s1. The first kappa shape index (κ1) is 15.4. The lowest BCUT2D eigenvalue weighted by Crippen LogP contribution is -2.52. The molecule has 1 aliphatic rings. The summed E-state index contributed by atoms with van der Waals surface area (Å²) < 4.78 is 31.5. The lowest BCUT2D eigenvalue weighted by atomic mass is 9.90. The summed E-state index contributed by atoms with van der Waals surface area (Å²) in [6, 6.07) is 2.61. The van der Waals surface area contributed by atoms with Crippen molar-refractivity contribution in [3.63, 3.8) is 0 Å². The zero-order valence-electron chi connectivity index (χ0n) is 11.6. The van der Waals surface area contributed by atoms with Crippen molar-refractivity contribution in [3.05, 3.63) is 24.5 Å². The van der Waals surface area contributed by atoms with Gasteiger partial charge in [0.2, 0.25) is 10.0 Å². The molecule has 0 spiro atoms. The molecule has 0 aromatic carbocycles.